The summed E-state index contributed by atoms with van der Waals surface area (Å²) in [6.45, 7) is 4.30. The van der Waals surface area contributed by atoms with E-state index in [4.69, 9.17) is 9.47 Å². The van der Waals surface area contributed by atoms with Crippen molar-refractivity contribution in [2.45, 2.75) is 46.1 Å². The Morgan fingerprint density at radius 1 is 0.774 bits per heavy atom. The summed E-state index contributed by atoms with van der Waals surface area (Å²) in [6, 6.07) is 14.8. The Morgan fingerprint density at radius 2 is 1.55 bits per heavy atom. The molecule has 0 heterocycles. The highest BCUT2D eigenvalue weighted by atomic mass is 19.2. The molecule has 2 nitrogen and oxygen atoms in total. The van der Waals surface area contributed by atoms with Crippen LogP contribution in [-0.2, 0) is 6.61 Å². The van der Waals surface area contributed by atoms with E-state index >= 15 is 0 Å². The average molecular weight is 428 g/mol. The second kappa shape index (κ2) is 10.9. The zero-order valence-electron chi connectivity index (χ0n) is 17.9. The Kier molecular flexibility index (Phi) is 7.99. The van der Waals surface area contributed by atoms with Gasteiger partial charge in [-0.15, -0.1) is 0 Å². The van der Waals surface area contributed by atoms with Gasteiger partial charge >= 0.3 is 0 Å². The van der Waals surface area contributed by atoms with Gasteiger partial charge in [0.25, 0.3) is 0 Å². The fraction of sp³-hybridized carbons (Fsp3) is 0.308. The molecule has 0 aliphatic rings. The van der Waals surface area contributed by atoms with Gasteiger partial charge in [0.2, 0.25) is 5.82 Å². The van der Waals surface area contributed by atoms with Crippen LogP contribution in [0.4, 0.5) is 13.2 Å². The topological polar surface area (TPSA) is 18.5 Å². The van der Waals surface area contributed by atoms with Crippen LogP contribution in [0.15, 0.2) is 54.6 Å². The number of unbranched alkanes of at least 4 members (excludes halogenated alkanes) is 3. The number of hydrogen-bond acceptors (Lipinski definition) is 2. The molecule has 3 aromatic rings. The maximum Gasteiger partial charge on any atom is 0.200 e. The highest BCUT2D eigenvalue weighted by Crippen LogP contribution is 2.28. The molecule has 5 heteroatoms. The summed E-state index contributed by atoms with van der Waals surface area (Å²) in [6.07, 6.45) is 4.41. The predicted octanol–water partition coefficient (Wildman–Crippen LogP) is 7.62. The van der Waals surface area contributed by atoms with E-state index in [1.54, 1.807) is 36.4 Å². The quantitative estimate of drug-likeness (QED) is 0.309. The zero-order chi connectivity index (χ0) is 22.2. The van der Waals surface area contributed by atoms with Crippen molar-refractivity contribution in [3.05, 3.63) is 83.2 Å². The maximum atomic E-state index is 14.6. The summed E-state index contributed by atoms with van der Waals surface area (Å²) in [5, 5.41) is 0. The summed E-state index contributed by atoms with van der Waals surface area (Å²) in [5.41, 5.74) is 2.17. The number of benzene rings is 3. The van der Waals surface area contributed by atoms with Gasteiger partial charge in [-0.25, -0.2) is 8.78 Å². The van der Waals surface area contributed by atoms with Gasteiger partial charge in [0.15, 0.2) is 11.6 Å². The summed E-state index contributed by atoms with van der Waals surface area (Å²) in [4.78, 5) is 0. The molecule has 31 heavy (non-hydrogen) atoms. The van der Waals surface area contributed by atoms with Gasteiger partial charge in [-0.05, 0) is 48.2 Å². The van der Waals surface area contributed by atoms with Crippen molar-refractivity contribution in [2.24, 2.45) is 0 Å². The standard InChI is InChI=1S/C26H27F3O2/c1-3-4-5-6-15-30-21-12-13-22(23(27)16-21)20-10-8-19(9-11-20)17-31-24-14-7-18(2)25(28)26(24)29/h7-14,16H,3-6,15,17H2,1-2H3. The minimum atomic E-state index is -0.994. The summed E-state index contributed by atoms with van der Waals surface area (Å²) < 4.78 is 53.1. The molecule has 0 saturated carbocycles. The van der Waals surface area contributed by atoms with E-state index < -0.39 is 11.6 Å². The molecule has 0 spiro atoms. The Labute approximate surface area is 181 Å². The molecule has 0 atom stereocenters. The molecule has 0 aliphatic carbocycles. The Bertz CT molecular complexity index is 1000. The molecule has 0 fully saturated rings. The SMILES string of the molecule is CCCCCCOc1ccc(-c2ccc(COc3ccc(C)c(F)c3F)cc2)c(F)c1. The molecule has 0 aromatic heterocycles. The smallest absolute Gasteiger partial charge is 0.200 e. The van der Waals surface area contributed by atoms with Crippen molar-refractivity contribution >= 4 is 0 Å². The largest absolute Gasteiger partial charge is 0.493 e. The van der Waals surface area contributed by atoms with E-state index in [1.807, 2.05) is 0 Å². The Balaban J connectivity index is 1.60. The van der Waals surface area contributed by atoms with Gasteiger partial charge in [0, 0.05) is 11.6 Å². The molecule has 0 bridgehead atoms. The molecular formula is C26H27F3O2. The summed E-state index contributed by atoms with van der Waals surface area (Å²) in [7, 11) is 0. The number of aryl methyl sites for hydroxylation is 1. The van der Waals surface area contributed by atoms with E-state index in [1.165, 1.54) is 31.5 Å². The molecular weight excluding hydrogens is 401 g/mol. The van der Waals surface area contributed by atoms with Crippen LogP contribution < -0.4 is 9.47 Å². The third-order valence-electron chi connectivity index (χ3n) is 5.11. The maximum absolute atomic E-state index is 14.6. The first-order valence-corrected chi connectivity index (χ1v) is 10.6. The minimum absolute atomic E-state index is 0.0764. The van der Waals surface area contributed by atoms with Gasteiger partial charge in [0.05, 0.1) is 6.61 Å². The lowest BCUT2D eigenvalue weighted by Crippen LogP contribution is -2.00. The normalized spacial score (nSPS) is 10.9. The van der Waals surface area contributed by atoms with Crippen LogP contribution in [0.5, 0.6) is 11.5 Å². The van der Waals surface area contributed by atoms with Crippen molar-refractivity contribution in [2.75, 3.05) is 6.61 Å². The first-order chi connectivity index (χ1) is 15.0. The van der Waals surface area contributed by atoms with Gasteiger partial charge in [-0.1, -0.05) is 56.5 Å². The number of rotatable bonds is 10. The van der Waals surface area contributed by atoms with Crippen molar-refractivity contribution in [1.29, 1.82) is 0 Å². The number of ether oxygens (including phenoxy) is 2. The fourth-order valence-corrected chi connectivity index (χ4v) is 3.22. The molecule has 3 aromatic carbocycles. The Hall–Kier alpha value is -2.95. The molecule has 0 radical (unpaired) electrons. The minimum Gasteiger partial charge on any atom is -0.493 e. The molecule has 164 valence electrons. The van der Waals surface area contributed by atoms with Gasteiger partial charge < -0.3 is 9.47 Å². The van der Waals surface area contributed by atoms with Crippen molar-refractivity contribution < 1.29 is 22.6 Å². The monoisotopic (exact) mass is 428 g/mol. The van der Waals surface area contributed by atoms with Crippen LogP contribution in [-0.4, -0.2) is 6.61 Å². The van der Waals surface area contributed by atoms with Crippen molar-refractivity contribution in [1.82, 2.24) is 0 Å². The first kappa shape index (κ1) is 22.7. The molecule has 0 aliphatic heterocycles. The van der Waals surface area contributed by atoms with Crippen LogP contribution in [0, 0.1) is 24.4 Å². The number of halogens is 3. The second-order valence-electron chi connectivity index (χ2n) is 7.54. The van der Waals surface area contributed by atoms with Crippen LogP contribution in [0.25, 0.3) is 11.1 Å². The lowest BCUT2D eigenvalue weighted by molar-refractivity contribution is 0.284. The highest BCUT2D eigenvalue weighted by molar-refractivity contribution is 5.65. The third-order valence-corrected chi connectivity index (χ3v) is 5.11. The third kappa shape index (κ3) is 6.03. The van der Waals surface area contributed by atoms with E-state index in [2.05, 4.69) is 6.92 Å². The van der Waals surface area contributed by atoms with Crippen LogP contribution >= 0.6 is 0 Å². The van der Waals surface area contributed by atoms with E-state index in [0.29, 0.717) is 23.5 Å². The summed E-state index contributed by atoms with van der Waals surface area (Å²) >= 11 is 0. The van der Waals surface area contributed by atoms with Gasteiger partial charge in [0.1, 0.15) is 18.2 Å². The molecule has 0 amide bonds. The van der Waals surface area contributed by atoms with Crippen molar-refractivity contribution in [3.8, 4) is 22.6 Å². The number of hydrogen-bond donors (Lipinski definition) is 0. The molecule has 0 saturated heterocycles. The van der Waals surface area contributed by atoms with E-state index in [9.17, 15) is 13.2 Å². The van der Waals surface area contributed by atoms with E-state index in [-0.39, 0.29) is 23.7 Å². The fourth-order valence-electron chi connectivity index (χ4n) is 3.22. The van der Waals surface area contributed by atoms with E-state index in [0.717, 1.165) is 24.8 Å². The Morgan fingerprint density at radius 3 is 2.26 bits per heavy atom. The highest BCUT2D eigenvalue weighted by Gasteiger charge is 2.12. The van der Waals surface area contributed by atoms with Crippen molar-refractivity contribution in [3.63, 3.8) is 0 Å². The average Bonchev–Trinajstić information content (AvgIpc) is 2.77. The molecule has 0 N–H and O–H groups in total. The molecule has 0 unspecified atom stereocenters. The van der Waals surface area contributed by atoms with Gasteiger partial charge in [-0.2, -0.15) is 4.39 Å². The first-order valence-electron chi connectivity index (χ1n) is 10.6. The predicted molar refractivity (Wildman–Crippen MR) is 117 cm³/mol. The lowest BCUT2D eigenvalue weighted by Gasteiger charge is -2.11. The van der Waals surface area contributed by atoms with Gasteiger partial charge in [-0.3, -0.25) is 0 Å². The lowest BCUT2D eigenvalue weighted by atomic mass is 10.0. The molecule has 3 rings (SSSR count). The second-order valence-corrected chi connectivity index (χ2v) is 7.54. The van der Waals surface area contributed by atoms with Crippen LogP contribution in [0.2, 0.25) is 0 Å². The van der Waals surface area contributed by atoms with Crippen LogP contribution in [0.1, 0.15) is 43.7 Å². The zero-order valence-corrected chi connectivity index (χ0v) is 17.9. The van der Waals surface area contributed by atoms with Crippen LogP contribution in [0.3, 0.4) is 0 Å². The summed E-state index contributed by atoms with van der Waals surface area (Å²) in [5.74, 6) is -1.87.